The first kappa shape index (κ1) is 20.6. The molecule has 0 radical (unpaired) electrons. The summed E-state index contributed by atoms with van der Waals surface area (Å²) >= 11 is 0. The van der Waals surface area contributed by atoms with Gasteiger partial charge in [0.15, 0.2) is 0 Å². The standard InChI is InChI=1S/C19H23N3O4S/c1-15(23)20-17-8-10-18(11-9-17)21-19(24)12-13-22(27(2,25)26)14-16-6-4-3-5-7-16/h3-11H,12-14H2,1-2H3,(H,20,23)(H,21,24). The van der Waals surface area contributed by atoms with Crippen LogP contribution in [0.3, 0.4) is 0 Å². The van der Waals surface area contributed by atoms with Gasteiger partial charge in [0, 0.05) is 37.8 Å². The summed E-state index contributed by atoms with van der Waals surface area (Å²) in [5.74, 6) is -0.463. The highest BCUT2D eigenvalue weighted by molar-refractivity contribution is 7.88. The minimum Gasteiger partial charge on any atom is -0.326 e. The van der Waals surface area contributed by atoms with E-state index in [1.807, 2.05) is 30.3 Å². The van der Waals surface area contributed by atoms with E-state index in [-0.39, 0.29) is 31.3 Å². The lowest BCUT2D eigenvalue weighted by atomic mass is 10.2. The summed E-state index contributed by atoms with van der Waals surface area (Å²) in [6.45, 7) is 1.72. The van der Waals surface area contributed by atoms with Crippen molar-refractivity contribution in [1.82, 2.24) is 4.31 Å². The van der Waals surface area contributed by atoms with Crippen molar-refractivity contribution in [1.29, 1.82) is 0 Å². The topological polar surface area (TPSA) is 95.6 Å². The SMILES string of the molecule is CC(=O)Nc1ccc(NC(=O)CCN(Cc2ccccc2)S(C)(=O)=O)cc1. The molecule has 2 aromatic carbocycles. The molecule has 0 atom stereocenters. The number of amides is 2. The predicted molar refractivity (Wildman–Crippen MR) is 106 cm³/mol. The van der Waals surface area contributed by atoms with Crippen LogP contribution in [0.2, 0.25) is 0 Å². The molecule has 144 valence electrons. The summed E-state index contributed by atoms with van der Waals surface area (Å²) in [4.78, 5) is 23.2. The fraction of sp³-hybridized carbons (Fsp3) is 0.263. The lowest BCUT2D eigenvalue weighted by molar-refractivity contribution is -0.116. The van der Waals surface area contributed by atoms with Crippen molar-refractivity contribution in [3.63, 3.8) is 0 Å². The molecule has 0 aliphatic rings. The van der Waals surface area contributed by atoms with Crippen molar-refractivity contribution in [2.24, 2.45) is 0 Å². The summed E-state index contributed by atoms with van der Waals surface area (Å²) in [5.41, 5.74) is 2.06. The van der Waals surface area contributed by atoms with Gasteiger partial charge in [-0.3, -0.25) is 9.59 Å². The predicted octanol–water partition coefficient (Wildman–Crippen LogP) is 2.44. The van der Waals surface area contributed by atoms with E-state index in [4.69, 9.17) is 0 Å². The summed E-state index contributed by atoms with van der Waals surface area (Å²) in [6.07, 6.45) is 1.17. The molecule has 0 bridgehead atoms. The zero-order valence-corrected chi connectivity index (χ0v) is 16.1. The molecule has 27 heavy (non-hydrogen) atoms. The molecule has 0 fully saturated rings. The van der Waals surface area contributed by atoms with Gasteiger partial charge in [0.25, 0.3) is 0 Å². The number of hydrogen-bond donors (Lipinski definition) is 2. The summed E-state index contributed by atoms with van der Waals surface area (Å²) in [7, 11) is -3.44. The average Bonchev–Trinajstić information content (AvgIpc) is 2.60. The number of nitrogens with zero attached hydrogens (tertiary/aromatic N) is 1. The van der Waals surface area contributed by atoms with Crippen LogP contribution in [0.1, 0.15) is 18.9 Å². The smallest absolute Gasteiger partial charge is 0.225 e. The quantitative estimate of drug-likeness (QED) is 0.725. The Labute approximate surface area is 159 Å². The van der Waals surface area contributed by atoms with Crippen LogP contribution in [-0.2, 0) is 26.2 Å². The molecule has 0 spiro atoms. The van der Waals surface area contributed by atoms with Crippen LogP contribution in [0.4, 0.5) is 11.4 Å². The molecular formula is C19H23N3O4S. The molecule has 0 heterocycles. The third-order valence-corrected chi connectivity index (χ3v) is 5.00. The largest absolute Gasteiger partial charge is 0.326 e. The van der Waals surface area contributed by atoms with Gasteiger partial charge in [-0.1, -0.05) is 30.3 Å². The maximum Gasteiger partial charge on any atom is 0.225 e. The van der Waals surface area contributed by atoms with Crippen molar-refractivity contribution in [3.8, 4) is 0 Å². The lowest BCUT2D eigenvalue weighted by Gasteiger charge is -2.19. The Balaban J connectivity index is 1.92. The third kappa shape index (κ3) is 7.20. The van der Waals surface area contributed by atoms with Gasteiger partial charge in [-0.15, -0.1) is 0 Å². The molecule has 0 unspecified atom stereocenters. The van der Waals surface area contributed by atoms with Gasteiger partial charge in [0.1, 0.15) is 0 Å². The average molecular weight is 389 g/mol. The molecule has 0 aliphatic heterocycles. The first-order valence-corrected chi connectivity index (χ1v) is 10.3. The van der Waals surface area contributed by atoms with E-state index in [0.717, 1.165) is 11.8 Å². The van der Waals surface area contributed by atoms with Crippen LogP contribution in [0.5, 0.6) is 0 Å². The van der Waals surface area contributed by atoms with Crippen LogP contribution >= 0.6 is 0 Å². The number of sulfonamides is 1. The lowest BCUT2D eigenvalue weighted by Crippen LogP contribution is -2.32. The van der Waals surface area contributed by atoms with Crippen molar-refractivity contribution < 1.29 is 18.0 Å². The molecule has 8 heteroatoms. The minimum atomic E-state index is -3.44. The number of carbonyl (C=O) groups excluding carboxylic acids is 2. The van der Waals surface area contributed by atoms with Gasteiger partial charge in [-0.05, 0) is 29.8 Å². The minimum absolute atomic E-state index is 0.0351. The molecule has 2 amide bonds. The van der Waals surface area contributed by atoms with Crippen molar-refractivity contribution in [3.05, 3.63) is 60.2 Å². The fourth-order valence-electron chi connectivity index (χ4n) is 2.44. The summed E-state index contributed by atoms with van der Waals surface area (Å²) in [6, 6.07) is 15.9. The zero-order chi connectivity index (χ0) is 19.9. The van der Waals surface area contributed by atoms with Crippen molar-refractivity contribution in [2.45, 2.75) is 19.9 Å². The van der Waals surface area contributed by atoms with Crippen LogP contribution < -0.4 is 10.6 Å². The molecule has 2 rings (SSSR count). The Morgan fingerprint density at radius 2 is 1.48 bits per heavy atom. The normalized spacial score (nSPS) is 11.2. The number of rotatable bonds is 8. The van der Waals surface area contributed by atoms with Gasteiger partial charge in [0.05, 0.1) is 6.26 Å². The van der Waals surface area contributed by atoms with E-state index in [9.17, 15) is 18.0 Å². The number of nitrogens with one attached hydrogen (secondary N) is 2. The highest BCUT2D eigenvalue weighted by Crippen LogP contribution is 2.14. The Kier molecular flexibility index (Phi) is 7.09. The van der Waals surface area contributed by atoms with E-state index >= 15 is 0 Å². The van der Waals surface area contributed by atoms with E-state index in [0.29, 0.717) is 11.4 Å². The highest BCUT2D eigenvalue weighted by atomic mass is 32.2. The molecule has 0 saturated carbocycles. The van der Waals surface area contributed by atoms with E-state index in [1.165, 1.54) is 11.2 Å². The molecule has 2 aromatic rings. The number of hydrogen-bond acceptors (Lipinski definition) is 4. The molecule has 7 nitrogen and oxygen atoms in total. The van der Waals surface area contributed by atoms with E-state index < -0.39 is 10.0 Å². The Hall–Kier alpha value is -2.71. The fourth-order valence-corrected chi connectivity index (χ4v) is 3.25. The first-order valence-electron chi connectivity index (χ1n) is 8.40. The molecule has 0 aliphatic carbocycles. The maximum atomic E-state index is 12.2. The number of benzene rings is 2. The first-order chi connectivity index (χ1) is 12.7. The molecule has 2 N–H and O–H groups in total. The van der Waals surface area contributed by atoms with E-state index in [1.54, 1.807) is 24.3 Å². The van der Waals surface area contributed by atoms with Gasteiger partial charge >= 0.3 is 0 Å². The van der Waals surface area contributed by atoms with Gasteiger partial charge in [-0.25, -0.2) is 8.42 Å². The molecule has 0 saturated heterocycles. The van der Waals surface area contributed by atoms with E-state index in [2.05, 4.69) is 10.6 Å². The Morgan fingerprint density at radius 1 is 0.926 bits per heavy atom. The third-order valence-electron chi connectivity index (χ3n) is 3.75. The Bertz CT molecular complexity index is 881. The van der Waals surface area contributed by atoms with Crippen LogP contribution in [-0.4, -0.2) is 37.3 Å². The maximum absolute atomic E-state index is 12.2. The van der Waals surface area contributed by atoms with Gasteiger partial charge in [0.2, 0.25) is 21.8 Å². The summed E-state index contributed by atoms with van der Waals surface area (Å²) in [5, 5.41) is 5.36. The highest BCUT2D eigenvalue weighted by Gasteiger charge is 2.18. The van der Waals surface area contributed by atoms with Gasteiger partial charge in [-0.2, -0.15) is 4.31 Å². The number of anilines is 2. The van der Waals surface area contributed by atoms with Crippen molar-refractivity contribution >= 4 is 33.2 Å². The summed E-state index contributed by atoms with van der Waals surface area (Å²) < 4.78 is 25.3. The second-order valence-corrected chi connectivity index (χ2v) is 8.12. The molecular weight excluding hydrogens is 366 g/mol. The number of carbonyl (C=O) groups is 2. The zero-order valence-electron chi connectivity index (χ0n) is 15.3. The molecule has 0 aromatic heterocycles. The van der Waals surface area contributed by atoms with Crippen molar-refractivity contribution in [2.75, 3.05) is 23.4 Å². The Morgan fingerprint density at radius 3 is 2.00 bits per heavy atom. The van der Waals surface area contributed by atoms with Crippen LogP contribution in [0.15, 0.2) is 54.6 Å². The van der Waals surface area contributed by atoms with Crippen LogP contribution in [0, 0.1) is 0 Å². The van der Waals surface area contributed by atoms with Gasteiger partial charge < -0.3 is 10.6 Å². The van der Waals surface area contributed by atoms with Crippen LogP contribution in [0.25, 0.3) is 0 Å². The second-order valence-electron chi connectivity index (χ2n) is 6.14. The monoisotopic (exact) mass is 389 g/mol. The second kappa shape index (κ2) is 9.29.